The molecule has 0 aliphatic carbocycles. The number of hydrogen-bond acceptors (Lipinski definition) is 2. The number of para-hydroxylation sites is 1. The summed E-state index contributed by atoms with van der Waals surface area (Å²) in [6.07, 6.45) is 0. The quantitative estimate of drug-likeness (QED) is 0.770. The second-order valence-corrected chi connectivity index (χ2v) is 5.33. The smallest absolute Gasteiger partial charge is 0.267 e. The summed E-state index contributed by atoms with van der Waals surface area (Å²) >= 11 is 6.10. The van der Waals surface area contributed by atoms with Crippen LogP contribution in [0.3, 0.4) is 0 Å². The Balaban J connectivity index is 1.71. The van der Waals surface area contributed by atoms with E-state index < -0.39 is 0 Å². The number of carbonyl (C=O) groups is 1. The van der Waals surface area contributed by atoms with Crippen LogP contribution in [0.15, 0.2) is 48.5 Å². The number of ether oxygens (including phenoxy) is 1. The molecule has 5 heteroatoms. The molecule has 112 valence electrons. The number of hydrogen-bond donors (Lipinski definition) is 2. The molecule has 0 fully saturated rings. The van der Waals surface area contributed by atoms with E-state index in [1.807, 2.05) is 36.4 Å². The highest BCUT2D eigenvalue weighted by Gasteiger charge is 2.10. The first-order valence-electron chi connectivity index (χ1n) is 6.86. The Labute approximate surface area is 133 Å². The maximum absolute atomic E-state index is 12.2. The summed E-state index contributed by atoms with van der Waals surface area (Å²) in [5.74, 6) is 0.628. The zero-order valence-electron chi connectivity index (χ0n) is 12.0. The first kappa shape index (κ1) is 14.5. The largest absolute Gasteiger partial charge is 0.497 e. The monoisotopic (exact) mass is 314 g/mol. The first-order valence-corrected chi connectivity index (χ1v) is 7.23. The van der Waals surface area contributed by atoms with Gasteiger partial charge < -0.3 is 15.0 Å². The van der Waals surface area contributed by atoms with Crippen LogP contribution in [-0.4, -0.2) is 18.0 Å². The lowest BCUT2D eigenvalue weighted by Gasteiger charge is -2.05. The molecule has 0 bridgehead atoms. The lowest BCUT2D eigenvalue weighted by molar-refractivity contribution is 0.0947. The molecule has 2 N–H and O–H groups in total. The van der Waals surface area contributed by atoms with Gasteiger partial charge in [-0.15, -0.1) is 0 Å². The van der Waals surface area contributed by atoms with E-state index in [9.17, 15) is 4.79 Å². The fraction of sp³-hybridized carbons (Fsp3) is 0.118. The van der Waals surface area contributed by atoms with Gasteiger partial charge in [0.05, 0.1) is 17.6 Å². The molecule has 0 saturated heterocycles. The minimum absolute atomic E-state index is 0.164. The Bertz CT molecular complexity index is 809. The third-order valence-electron chi connectivity index (χ3n) is 3.46. The van der Waals surface area contributed by atoms with Crippen molar-refractivity contribution in [3.63, 3.8) is 0 Å². The minimum atomic E-state index is -0.164. The third-order valence-corrected chi connectivity index (χ3v) is 3.78. The average Bonchev–Trinajstić information content (AvgIpc) is 2.99. The second-order valence-electron chi connectivity index (χ2n) is 4.92. The number of nitrogens with one attached hydrogen (secondary N) is 2. The molecule has 1 aromatic heterocycles. The number of rotatable bonds is 4. The number of fused-ring (bicyclic) bond motifs is 1. The van der Waals surface area contributed by atoms with Crippen molar-refractivity contribution in [3.8, 4) is 5.75 Å². The molecular formula is C17H15ClN2O2. The van der Waals surface area contributed by atoms with Gasteiger partial charge in [0.15, 0.2) is 0 Å². The number of methoxy groups -OCH3 is 1. The number of amides is 1. The van der Waals surface area contributed by atoms with E-state index in [0.717, 1.165) is 22.2 Å². The van der Waals surface area contributed by atoms with Crippen molar-refractivity contribution in [2.45, 2.75) is 6.54 Å². The highest BCUT2D eigenvalue weighted by molar-refractivity contribution is 6.35. The number of H-pyrrole nitrogens is 1. The number of carbonyl (C=O) groups excluding carboxylic acids is 1. The lowest BCUT2D eigenvalue weighted by Crippen LogP contribution is -2.23. The Kier molecular flexibility index (Phi) is 4.02. The van der Waals surface area contributed by atoms with Crippen LogP contribution in [0, 0.1) is 0 Å². The van der Waals surface area contributed by atoms with E-state index in [1.54, 1.807) is 19.2 Å². The Morgan fingerprint density at radius 1 is 1.23 bits per heavy atom. The molecule has 1 heterocycles. The zero-order chi connectivity index (χ0) is 15.5. The minimum Gasteiger partial charge on any atom is -0.497 e. The standard InChI is InChI=1S/C17H15ClN2O2/c1-22-13-7-5-11(6-8-13)10-19-17(21)15-9-12-3-2-4-14(18)16(12)20-15/h2-9,20H,10H2,1H3,(H,19,21). The van der Waals surface area contributed by atoms with Crippen LogP contribution in [0.2, 0.25) is 5.02 Å². The van der Waals surface area contributed by atoms with Crippen LogP contribution in [0.5, 0.6) is 5.75 Å². The molecule has 0 radical (unpaired) electrons. The van der Waals surface area contributed by atoms with E-state index in [1.165, 1.54) is 0 Å². The van der Waals surface area contributed by atoms with Crippen molar-refractivity contribution < 1.29 is 9.53 Å². The molecule has 4 nitrogen and oxygen atoms in total. The number of aromatic nitrogens is 1. The zero-order valence-corrected chi connectivity index (χ0v) is 12.8. The summed E-state index contributed by atoms with van der Waals surface area (Å²) in [5.41, 5.74) is 2.28. The Morgan fingerprint density at radius 2 is 2.00 bits per heavy atom. The summed E-state index contributed by atoms with van der Waals surface area (Å²) in [4.78, 5) is 15.3. The molecule has 22 heavy (non-hydrogen) atoms. The highest BCUT2D eigenvalue weighted by Crippen LogP contribution is 2.23. The normalized spacial score (nSPS) is 10.6. The van der Waals surface area contributed by atoms with Crippen molar-refractivity contribution >= 4 is 28.4 Å². The summed E-state index contributed by atoms with van der Waals surface area (Å²) in [5, 5.41) is 4.40. The van der Waals surface area contributed by atoms with Gasteiger partial charge in [-0.25, -0.2) is 0 Å². The van der Waals surface area contributed by atoms with Crippen molar-refractivity contribution in [1.82, 2.24) is 10.3 Å². The van der Waals surface area contributed by atoms with Gasteiger partial charge in [-0.1, -0.05) is 35.9 Å². The van der Waals surface area contributed by atoms with Crippen LogP contribution >= 0.6 is 11.6 Å². The van der Waals surface area contributed by atoms with E-state index in [2.05, 4.69) is 10.3 Å². The number of halogens is 1. The molecule has 0 aliphatic rings. The van der Waals surface area contributed by atoms with Gasteiger partial charge in [-0.3, -0.25) is 4.79 Å². The molecule has 3 aromatic rings. The molecule has 1 amide bonds. The summed E-state index contributed by atoms with van der Waals surface area (Å²) in [6.45, 7) is 0.450. The van der Waals surface area contributed by atoms with Gasteiger partial charge >= 0.3 is 0 Å². The number of benzene rings is 2. The van der Waals surface area contributed by atoms with Crippen molar-refractivity contribution in [1.29, 1.82) is 0 Å². The van der Waals surface area contributed by atoms with E-state index in [4.69, 9.17) is 16.3 Å². The summed E-state index contributed by atoms with van der Waals surface area (Å²) < 4.78 is 5.10. The predicted molar refractivity (Wildman–Crippen MR) is 87.5 cm³/mol. The second kappa shape index (κ2) is 6.12. The van der Waals surface area contributed by atoms with Crippen molar-refractivity contribution in [2.24, 2.45) is 0 Å². The fourth-order valence-corrected chi connectivity index (χ4v) is 2.49. The molecule has 2 aromatic carbocycles. The maximum atomic E-state index is 12.2. The van der Waals surface area contributed by atoms with Crippen LogP contribution < -0.4 is 10.1 Å². The maximum Gasteiger partial charge on any atom is 0.267 e. The molecule has 0 spiro atoms. The Morgan fingerprint density at radius 3 is 2.68 bits per heavy atom. The number of aromatic amines is 1. The van der Waals surface area contributed by atoms with Gasteiger partial charge in [-0.05, 0) is 29.8 Å². The van der Waals surface area contributed by atoms with Crippen molar-refractivity contribution in [3.05, 3.63) is 64.8 Å². The molecule has 0 aliphatic heterocycles. The van der Waals surface area contributed by atoms with Crippen LogP contribution in [0.1, 0.15) is 16.1 Å². The average molecular weight is 315 g/mol. The first-order chi connectivity index (χ1) is 10.7. The van der Waals surface area contributed by atoms with Gasteiger partial charge in [0.2, 0.25) is 0 Å². The van der Waals surface area contributed by atoms with Gasteiger partial charge in [0.25, 0.3) is 5.91 Å². The SMILES string of the molecule is COc1ccc(CNC(=O)c2cc3cccc(Cl)c3[nH]2)cc1. The highest BCUT2D eigenvalue weighted by atomic mass is 35.5. The molecule has 0 saturated carbocycles. The molecule has 0 unspecified atom stereocenters. The summed E-state index contributed by atoms with van der Waals surface area (Å²) in [7, 11) is 1.62. The van der Waals surface area contributed by atoms with E-state index >= 15 is 0 Å². The van der Waals surface area contributed by atoms with Crippen molar-refractivity contribution in [2.75, 3.05) is 7.11 Å². The Hall–Kier alpha value is -2.46. The third kappa shape index (κ3) is 2.92. The summed E-state index contributed by atoms with van der Waals surface area (Å²) in [6, 6.07) is 14.9. The van der Waals surface area contributed by atoms with E-state index in [-0.39, 0.29) is 5.91 Å². The van der Waals surface area contributed by atoms with Gasteiger partial charge in [0.1, 0.15) is 11.4 Å². The van der Waals surface area contributed by atoms with Crippen LogP contribution in [-0.2, 0) is 6.54 Å². The molecular weight excluding hydrogens is 300 g/mol. The van der Waals surface area contributed by atoms with Crippen LogP contribution in [0.25, 0.3) is 10.9 Å². The van der Waals surface area contributed by atoms with Crippen LogP contribution in [0.4, 0.5) is 0 Å². The van der Waals surface area contributed by atoms with Gasteiger partial charge in [-0.2, -0.15) is 0 Å². The predicted octanol–water partition coefficient (Wildman–Crippen LogP) is 3.76. The molecule has 3 rings (SSSR count). The van der Waals surface area contributed by atoms with Gasteiger partial charge in [0, 0.05) is 11.9 Å². The van der Waals surface area contributed by atoms with E-state index in [0.29, 0.717) is 17.3 Å². The fourth-order valence-electron chi connectivity index (χ4n) is 2.26. The molecule has 0 atom stereocenters. The lowest BCUT2D eigenvalue weighted by atomic mass is 10.2. The topological polar surface area (TPSA) is 54.1 Å².